The molecule has 0 saturated heterocycles. The summed E-state index contributed by atoms with van der Waals surface area (Å²) >= 11 is 1.54. The van der Waals surface area contributed by atoms with Gasteiger partial charge in [-0.1, -0.05) is 27.7 Å². The minimum Gasteiger partial charge on any atom is -0.480 e. The molecule has 0 aliphatic carbocycles. The normalized spacial score (nSPS) is 13.0. The van der Waals surface area contributed by atoms with Gasteiger partial charge in [0.25, 0.3) is 0 Å². The summed E-state index contributed by atoms with van der Waals surface area (Å²) in [5.74, 6) is -1.17. The Balaban J connectivity index is 2.81. The number of aliphatic carboxylic acids is 1. The Morgan fingerprint density at radius 2 is 2.05 bits per heavy atom. The Labute approximate surface area is 130 Å². The second-order valence-corrected chi connectivity index (χ2v) is 7.10. The standard InChI is InChI=1S/C15H24N2O3S/c1-6-10(2)17(8-13(19)20)12(18)7-11-9-21-14(16-11)15(3,4)5/h9-10H,6-8H2,1-5H3,(H,19,20). The molecule has 1 unspecified atom stereocenters. The second-order valence-electron chi connectivity index (χ2n) is 6.24. The van der Waals surface area contributed by atoms with E-state index in [0.29, 0.717) is 5.69 Å². The number of hydrogen-bond acceptors (Lipinski definition) is 4. The molecule has 5 nitrogen and oxygen atoms in total. The first kappa shape index (κ1) is 17.6. The van der Waals surface area contributed by atoms with E-state index in [2.05, 4.69) is 25.8 Å². The molecule has 118 valence electrons. The number of rotatable bonds is 6. The fraction of sp³-hybridized carbons (Fsp3) is 0.667. The summed E-state index contributed by atoms with van der Waals surface area (Å²) in [6, 6.07) is -0.0886. The first-order valence-corrected chi connectivity index (χ1v) is 7.99. The van der Waals surface area contributed by atoms with Crippen LogP contribution in [0.2, 0.25) is 0 Å². The molecule has 1 rings (SSSR count). The second kappa shape index (κ2) is 7.02. The zero-order chi connectivity index (χ0) is 16.2. The van der Waals surface area contributed by atoms with Gasteiger partial charge < -0.3 is 10.0 Å². The van der Waals surface area contributed by atoms with Gasteiger partial charge in [0.1, 0.15) is 6.54 Å². The van der Waals surface area contributed by atoms with E-state index in [1.807, 2.05) is 19.2 Å². The molecule has 0 aliphatic rings. The minimum atomic E-state index is -0.989. The van der Waals surface area contributed by atoms with Gasteiger partial charge in [-0.15, -0.1) is 11.3 Å². The molecular formula is C15H24N2O3S. The van der Waals surface area contributed by atoms with Gasteiger partial charge in [-0.3, -0.25) is 9.59 Å². The first-order chi connectivity index (χ1) is 9.65. The SMILES string of the molecule is CCC(C)N(CC(=O)O)C(=O)Cc1csc(C(C)(C)C)n1. The number of carboxylic acid groups (broad SMARTS) is 1. The van der Waals surface area contributed by atoms with Crippen LogP contribution >= 0.6 is 11.3 Å². The van der Waals surface area contributed by atoms with Crippen LogP contribution in [-0.4, -0.2) is 39.5 Å². The largest absolute Gasteiger partial charge is 0.480 e. The minimum absolute atomic E-state index is 0.0383. The van der Waals surface area contributed by atoms with Crippen LogP contribution in [-0.2, 0) is 21.4 Å². The predicted molar refractivity (Wildman–Crippen MR) is 83.6 cm³/mol. The smallest absolute Gasteiger partial charge is 0.323 e. The molecule has 0 aromatic carbocycles. The van der Waals surface area contributed by atoms with Crippen molar-refractivity contribution in [3.63, 3.8) is 0 Å². The molecule has 1 N–H and O–H groups in total. The van der Waals surface area contributed by atoms with Crippen LogP contribution in [0.15, 0.2) is 5.38 Å². The average molecular weight is 312 g/mol. The highest BCUT2D eigenvalue weighted by atomic mass is 32.1. The molecule has 1 aromatic rings. The lowest BCUT2D eigenvalue weighted by atomic mass is 9.98. The number of carbonyl (C=O) groups excluding carboxylic acids is 1. The van der Waals surface area contributed by atoms with E-state index >= 15 is 0 Å². The maximum Gasteiger partial charge on any atom is 0.323 e. The monoisotopic (exact) mass is 312 g/mol. The van der Waals surface area contributed by atoms with E-state index < -0.39 is 5.97 Å². The molecule has 0 aliphatic heterocycles. The third-order valence-electron chi connectivity index (χ3n) is 3.27. The van der Waals surface area contributed by atoms with E-state index in [-0.39, 0.29) is 30.3 Å². The molecule has 1 atom stereocenters. The van der Waals surface area contributed by atoms with Crippen LogP contribution < -0.4 is 0 Å². The van der Waals surface area contributed by atoms with Crippen LogP contribution in [0.1, 0.15) is 51.7 Å². The molecule has 0 radical (unpaired) electrons. The van der Waals surface area contributed by atoms with E-state index in [0.717, 1.165) is 11.4 Å². The van der Waals surface area contributed by atoms with E-state index in [4.69, 9.17) is 5.11 Å². The van der Waals surface area contributed by atoms with Gasteiger partial charge in [0.05, 0.1) is 17.1 Å². The van der Waals surface area contributed by atoms with Crippen LogP contribution in [0.3, 0.4) is 0 Å². The van der Waals surface area contributed by atoms with Crippen molar-refractivity contribution in [2.45, 2.75) is 58.9 Å². The van der Waals surface area contributed by atoms with Gasteiger partial charge in [0.15, 0.2) is 0 Å². The Kier molecular flexibility index (Phi) is 5.89. The number of carboxylic acids is 1. The Bertz CT molecular complexity index is 505. The molecular weight excluding hydrogens is 288 g/mol. The highest BCUT2D eigenvalue weighted by molar-refractivity contribution is 7.09. The van der Waals surface area contributed by atoms with Gasteiger partial charge in [-0.05, 0) is 13.3 Å². The number of aromatic nitrogens is 1. The summed E-state index contributed by atoms with van der Waals surface area (Å²) in [6.45, 7) is 9.77. The van der Waals surface area contributed by atoms with Crippen LogP contribution in [0.5, 0.6) is 0 Å². The zero-order valence-electron chi connectivity index (χ0n) is 13.3. The topological polar surface area (TPSA) is 70.5 Å². The van der Waals surface area contributed by atoms with Crippen molar-refractivity contribution in [3.05, 3.63) is 16.1 Å². The van der Waals surface area contributed by atoms with E-state index in [9.17, 15) is 9.59 Å². The molecule has 6 heteroatoms. The highest BCUT2D eigenvalue weighted by Crippen LogP contribution is 2.25. The quantitative estimate of drug-likeness (QED) is 0.876. The summed E-state index contributed by atoms with van der Waals surface area (Å²) in [5, 5.41) is 11.8. The first-order valence-electron chi connectivity index (χ1n) is 7.11. The molecule has 1 amide bonds. The van der Waals surface area contributed by atoms with Crippen molar-refractivity contribution in [3.8, 4) is 0 Å². The van der Waals surface area contributed by atoms with Gasteiger partial charge in [0.2, 0.25) is 5.91 Å². The molecule has 1 aromatic heterocycles. The number of hydrogen-bond donors (Lipinski definition) is 1. The maximum absolute atomic E-state index is 12.3. The molecule has 1 heterocycles. The molecule has 0 fully saturated rings. The summed E-state index contributed by atoms with van der Waals surface area (Å²) in [5.41, 5.74) is 0.678. The Morgan fingerprint density at radius 1 is 1.43 bits per heavy atom. The fourth-order valence-electron chi connectivity index (χ4n) is 1.85. The lowest BCUT2D eigenvalue weighted by Gasteiger charge is -2.26. The zero-order valence-corrected chi connectivity index (χ0v) is 14.2. The lowest BCUT2D eigenvalue weighted by molar-refractivity contribution is -0.145. The van der Waals surface area contributed by atoms with Crippen molar-refractivity contribution in [2.75, 3.05) is 6.54 Å². The van der Waals surface area contributed by atoms with Crippen molar-refractivity contribution in [2.24, 2.45) is 0 Å². The molecule has 21 heavy (non-hydrogen) atoms. The van der Waals surface area contributed by atoms with Gasteiger partial charge in [-0.2, -0.15) is 0 Å². The van der Waals surface area contributed by atoms with Gasteiger partial charge in [0, 0.05) is 16.8 Å². The van der Waals surface area contributed by atoms with E-state index in [1.54, 1.807) is 11.3 Å². The summed E-state index contributed by atoms with van der Waals surface area (Å²) in [7, 11) is 0. The van der Waals surface area contributed by atoms with Crippen LogP contribution in [0.4, 0.5) is 0 Å². The summed E-state index contributed by atoms with van der Waals surface area (Å²) in [4.78, 5) is 29.2. The summed E-state index contributed by atoms with van der Waals surface area (Å²) in [6.07, 6.45) is 0.882. The molecule has 0 bridgehead atoms. The lowest BCUT2D eigenvalue weighted by Crippen LogP contribution is -2.42. The van der Waals surface area contributed by atoms with E-state index in [1.165, 1.54) is 4.90 Å². The third kappa shape index (κ3) is 5.12. The van der Waals surface area contributed by atoms with Crippen molar-refractivity contribution in [1.29, 1.82) is 0 Å². The van der Waals surface area contributed by atoms with Crippen molar-refractivity contribution >= 4 is 23.2 Å². The van der Waals surface area contributed by atoms with Crippen molar-refractivity contribution < 1.29 is 14.7 Å². The van der Waals surface area contributed by atoms with Crippen LogP contribution in [0.25, 0.3) is 0 Å². The molecule has 0 spiro atoms. The number of thiazole rings is 1. The highest BCUT2D eigenvalue weighted by Gasteiger charge is 2.24. The maximum atomic E-state index is 12.3. The Hall–Kier alpha value is -1.43. The predicted octanol–water partition coefficient (Wildman–Crippen LogP) is 2.69. The van der Waals surface area contributed by atoms with Gasteiger partial charge in [-0.25, -0.2) is 4.98 Å². The van der Waals surface area contributed by atoms with Gasteiger partial charge >= 0.3 is 5.97 Å². The van der Waals surface area contributed by atoms with Crippen LogP contribution in [0, 0.1) is 0 Å². The average Bonchev–Trinajstić information content (AvgIpc) is 2.83. The molecule has 0 saturated carbocycles. The number of amides is 1. The number of nitrogens with zero attached hydrogens (tertiary/aromatic N) is 2. The Morgan fingerprint density at radius 3 is 2.48 bits per heavy atom. The fourth-order valence-corrected chi connectivity index (χ4v) is 2.75. The van der Waals surface area contributed by atoms with Crippen molar-refractivity contribution in [1.82, 2.24) is 9.88 Å². The third-order valence-corrected chi connectivity index (χ3v) is 4.59. The summed E-state index contributed by atoms with van der Waals surface area (Å²) < 4.78 is 0. The number of carbonyl (C=O) groups is 2.